The van der Waals surface area contributed by atoms with Crippen LogP contribution in [-0.2, 0) is 13.1 Å². The number of nitrogens with one attached hydrogen (secondary N) is 1. The molecule has 0 radical (unpaired) electrons. The number of amides is 1. The number of benzene rings is 3. The molecule has 0 saturated heterocycles. The summed E-state index contributed by atoms with van der Waals surface area (Å²) in [6.07, 6.45) is 0.833. The molecule has 0 aliphatic heterocycles. The predicted molar refractivity (Wildman–Crippen MR) is 149 cm³/mol. The second-order valence-corrected chi connectivity index (χ2v) is 9.39. The maximum absolute atomic E-state index is 13.8. The Balaban J connectivity index is 1.82. The zero-order chi connectivity index (χ0) is 27.4. The smallest absolute Gasteiger partial charge is 0.332 e. The van der Waals surface area contributed by atoms with Crippen LogP contribution in [0, 0.1) is 6.92 Å². The van der Waals surface area contributed by atoms with Crippen molar-refractivity contribution in [2.75, 3.05) is 14.2 Å². The molecule has 0 bridgehead atoms. The molecule has 0 aliphatic rings. The maximum Gasteiger partial charge on any atom is 0.332 e. The SMILES string of the molecule is CC[C@H](C)NC(=O)c1ccc(Cn2c(=O)c3cc(OC)c(OC)cc3n(Cc3ccccc3C)c2=O)cc1. The lowest BCUT2D eigenvalue weighted by Crippen LogP contribution is -2.40. The first kappa shape index (κ1) is 26.7. The average Bonchev–Trinajstić information content (AvgIpc) is 2.93. The Hall–Kier alpha value is -4.33. The molecule has 1 heterocycles. The lowest BCUT2D eigenvalue weighted by Gasteiger charge is -2.17. The first-order chi connectivity index (χ1) is 18.3. The van der Waals surface area contributed by atoms with Crippen LogP contribution < -0.4 is 26.0 Å². The Morgan fingerprint density at radius 1 is 0.921 bits per heavy atom. The maximum atomic E-state index is 13.8. The minimum atomic E-state index is -0.434. The third kappa shape index (κ3) is 5.34. The largest absolute Gasteiger partial charge is 0.493 e. The van der Waals surface area contributed by atoms with Crippen LogP contribution in [0.15, 0.2) is 70.3 Å². The summed E-state index contributed by atoms with van der Waals surface area (Å²) in [7, 11) is 3.02. The standard InChI is InChI=1S/C30H33N3O5/c1-6-20(3)31-28(34)22-13-11-21(12-14-22)17-33-29(35)24-15-26(37-4)27(38-5)16-25(24)32(30(33)36)18-23-10-8-7-9-19(23)2/h7-16,20H,6,17-18H2,1-5H3,(H,31,34)/t20-/m0/s1. The van der Waals surface area contributed by atoms with Crippen LogP contribution in [-0.4, -0.2) is 35.3 Å². The number of fused-ring (bicyclic) bond motifs is 1. The second kappa shape index (κ2) is 11.4. The minimum Gasteiger partial charge on any atom is -0.493 e. The molecule has 8 nitrogen and oxygen atoms in total. The molecule has 1 amide bonds. The van der Waals surface area contributed by atoms with Crippen LogP contribution in [0.2, 0.25) is 0 Å². The van der Waals surface area contributed by atoms with E-state index in [9.17, 15) is 14.4 Å². The van der Waals surface area contributed by atoms with Gasteiger partial charge in [-0.25, -0.2) is 4.79 Å². The van der Waals surface area contributed by atoms with E-state index in [-0.39, 0.29) is 25.0 Å². The summed E-state index contributed by atoms with van der Waals surface area (Å²) in [5, 5.41) is 3.29. The molecule has 3 aromatic carbocycles. The Kier molecular flexibility index (Phi) is 8.00. The molecule has 1 N–H and O–H groups in total. The Bertz CT molecular complexity index is 1590. The summed E-state index contributed by atoms with van der Waals surface area (Å²) in [4.78, 5) is 39.9. The molecule has 38 heavy (non-hydrogen) atoms. The predicted octanol–water partition coefficient (Wildman–Crippen LogP) is 4.11. The zero-order valence-corrected chi connectivity index (χ0v) is 22.4. The summed E-state index contributed by atoms with van der Waals surface area (Å²) in [6, 6.07) is 18.1. The fourth-order valence-electron chi connectivity index (χ4n) is 4.35. The molecule has 0 aliphatic carbocycles. The topological polar surface area (TPSA) is 91.6 Å². The molecule has 8 heteroatoms. The lowest BCUT2D eigenvalue weighted by molar-refractivity contribution is 0.0939. The van der Waals surface area contributed by atoms with Crippen LogP contribution in [0.4, 0.5) is 0 Å². The fraction of sp³-hybridized carbons (Fsp3) is 0.300. The van der Waals surface area contributed by atoms with E-state index < -0.39 is 11.2 Å². The molecular weight excluding hydrogens is 482 g/mol. The van der Waals surface area contributed by atoms with E-state index in [1.54, 1.807) is 41.0 Å². The van der Waals surface area contributed by atoms with Gasteiger partial charge in [0.25, 0.3) is 11.5 Å². The van der Waals surface area contributed by atoms with Gasteiger partial charge in [0.15, 0.2) is 11.5 Å². The Morgan fingerprint density at radius 2 is 1.58 bits per heavy atom. The van der Waals surface area contributed by atoms with Gasteiger partial charge in [-0.2, -0.15) is 0 Å². The van der Waals surface area contributed by atoms with Crippen molar-refractivity contribution in [2.45, 2.75) is 46.3 Å². The van der Waals surface area contributed by atoms with Crippen molar-refractivity contribution in [2.24, 2.45) is 0 Å². The quantitative estimate of drug-likeness (QED) is 0.362. The molecule has 0 saturated carbocycles. The third-order valence-electron chi connectivity index (χ3n) is 6.87. The average molecular weight is 516 g/mol. The summed E-state index contributed by atoms with van der Waals surface area (Å²) >= 11 is 0. The van der Waals surface area contributed by atoms with Gasteiger partial charge in [0.2, 0.25) is 0 Å². The van der Waals surface area contributed by atoms with Crippen molar-refractivity contribution in [1.29, 1.82) is 0 Å². The van der Waals surface area contributed by atoms with E-state index in [0.29, 0.717) is 28.0 Å². The number of hydrogen-bond donors (Lipinski definition) is 1. The van der Waals surface area contributed by atoms with E-state index in [1.807, 2.05) is 45.0 Å². The number of ether oxygens (including phenoxy) is 2. The summed E-state index contributed by atoms with van der Waals surface area (Å²) in [6.45, 7) is 6.29. The highest BCUT2D eigenvalue weighted by molar-refractivity contribution is 5.94. The highest BCUT2D eigenvalue weighted by atomic mass is 16.5. The van der Waals surface area contributed by atoms with Crippen molar-refractivity contribution >= 4 is 16.8 Å². The second-order valence-electron chi connectivity index (χ2n) is 9.39. The molecule has 4 rings (SSSR count). The van der Waals surface area contributed by atoms with Crippen molar-refractivity contribution in [3.8, 4) is 11.5 Å². The van der Waals surface area contributed by atoms with Gasteiger partial charge in [0.05, 0.1) is 38.2 Å². The van der Waals surface area contributed by atoms with Crippen LogP contribution in [0.1, 0.15) is 47.3 Å². The highest BCUT2D eigenvalue weighted by Gasteiger charge is 2.18. The minimum absolute atomic E-state index is 0.0585. The van der Waals surface area contributed by atoms with Gasteiger partial charge in [0.1, 0.15) is 0 Å². The number of nitrogens with zero attached hydrogens (tertiary/aromatic N) is 2. The number of aryl methyl sites for hydroxylation is 1. The van der Waals surface area contributed by atoms with Gasteiger partial charge in [-0.15, -0.1) is 0 Å². The molecule has 198 valence electrons. The van der Waals surface area contributed by atoms with Crippen molar-refractivity contribution in [1.82, 2.24) is 14.5 Å². The molecule has 0 fully saturated rings. The first-order valence-corrected chi connectivity index (χ1v) is 12.6. The van der Waals surface area contributed by atoms with E-state index in [0.717, 1.165) is 23.1 Å². The number of methoxy groups -OCH3 is 2. The van der Waals surface area contributed by atoms with E-state index in [2.05, 4.69) is 5.32 Å². The van der Waals surface area contributed by atoms with E-state index in [4.69, 9.17) is 9.47 Å². The fourth-order valence-corrected chi connectivity index (χ4v) is 4.35. The van der Waals surface area contributed by atoms with Crippen LogP contribution in [0.25, 0.3) is 10.9 Å². The monoisotopic (exact) mass is 515 g/mol. The Labute approximate surface area is 221 Å². The molecule has 0 spiro atoms. The highest BCUT2D eigenvalue weighted by Crippen LogP contribution is 2.30. The normalized spacial score (nSPS) is 11.8. The van der Waals surface area contributed by atoms with Gasteiger partial charge in [-0.1, -0.05) is 43.3 Å². The Morgan fingerprint density at radius 3 is 2.21 bits per heavy atom. The van der Waals surface area contributed by atoms with Crippen LogP contribution >= 0.6 is 0 Å². The van der Waals surface area contributed by atoms with Gasteiger partial charge in [-0.05, 0) is 55.2 Å². The molecular formula is C30H33N3O5. The molecule has 4 aromatic rings. The number of aromatic nitrogens is 2. The first-order valence-electron chi connectivity index (χ1n) is 12.6. The lowest BCUT2D eigenvalue weighted by atomic mass is 10.1. The summed E-state index contributed by atoms with van der Waals surface area (Å²) in [5.74, 6) is 0.679. The summed E-state index contributed by atoms with van der Waals surface area (Å²) < 4.78 is 13.7. The summed E-state index contributed by atoms with van der Waals surface area (Å²) in [5.41, 5.74) is 2.86. The van der Waals surface area contributed by atoms with Crippen molar-refractivity contribution < 1.29 is 14.3 Å². The number of rotatable bonds is 9. The molecule has 0 unspecified atom stereocenters. The number of hydrogen-bond acceptors (Lipinski definition) is 5. The zero-order valence-electron chi connectivity index (χ0n) is 22.4. The van der Waals surface area contributed by atoms with Crippen LogP contribution in [0.5, 0.6) is 11.5 Å². The molecule has 1 aromatic heterocycles. The number of carbonyl (C=O) groups is 1. The van der Waals surface area contributed by atoms with E-state index in [1.165, 1.54) is 18.8 Å². The van der Waals surface area contributed by atoms with Gasteiger partial charge in [-0.3, -0.25) is 18.7 Å². The van der Waals surface area contributed by atoms with Crippen molar-refractivity contribution in [3.63, 3.8) is 0 Å². The van der Waals surface area contributed by atoms with E-state index >= 15 is 0 Å². The number of carbonyl (C=O) groups excluding carboxylic acids is 1. The molecule has 1 atom stereocenters. The van der Waals surface area contributed by atoms with Crippen molar-refractivity contribution in [3.05, 3.63) is 104 Å². The van der Waals surface area contributed by atoms with Gasteiger partial charge < -0.3 is 14.8 Å². The van der Waals surface area contributed by atoms with Gasteiger partial charge in [0, 0.05) is 17.7 Å². The van der Waals surface area contributed by atoms with Crippen LogP contribution in [0.3, 0.4) is 0 Å². The van der Waals surface area contributed by atoms with Gasteiger partial charge >= 0.3 is 5.69 Å². The third-order valence-corrected chi connectivity index (χ3v) is 6.87.